The molecule has 38 heavy (non-hydrogen) atoms. The van der Waals surface area contributed by atoms with Crippen LogP contribution in [0.15, 0.2) is 30.5 Å². The maximum absolute atomic E-state index is 13.1. The zero-order valence-corrected chi connectivity index (χ0v) is 21.2. The van der Waals surface area contributed by atoms with Gasteiger partial charge in [0.25, 0.3) is 0 Å². The summed E-state index contributed by atoms with van der Waals surface area (Å²) in [4.78, 5) is 75.3. The Balaban J connectivity index is 2.24. The first-order chi connectivity index (χ1) is 17.9. The summed E-state index contributed by atoms with van der Waals surface area (Å²) >= 11 is 4.09. The van der Waals surface area contributed by atoms with Gasteiger partial charge >= 0.3 is 5.97 Å². The van der Waals surface area contributed by atoms with Gasteiger partial charge < -0.3 is 43.2 Å². The van der Waals surface area contributed by atoms with E-state index < -0.39 is 66.1 Å². The molecule has 206 valence electrons. The SMILES string of the molecule is NC(=O)CCC(N)C(=O)NC(CS)C(=O)NC(Cc1c[nH]c2ccccc12)C(=O)NC(CC(N)=O)C(=O)O. The molecule has 1 aromatic carbocycles. The number of carboxylic acid groups (broad SMARTS) is 1. The number of amides is 5. The van der Waals surface area contributed by atoms with E-state index in [-0.39, 0.29) is 25.0 Å². The third kappa shape index (κ3) is 8.77. The molecule has 0 fully saturated rings. The van der Waals surface area contributed by atoms with Gasteiger partial charge in [-0.2, -0.15) is 12.6 Å². The molecule has 2 aromatic rings. The highest BCUT2D eigenvalue weighted by Gasteiger charge is 2.31. The van der Waals surface area contributed by atoms with E-state index in [0.717, 1.165) is 10.9 Å². The highest BCUT2D eigenvalue weighted by atomic mass is 32.1. The maximum atomic E-state index is 13.1. The smallest absolute Gasteiger partial charge is 0.326 e. The van der Waals surface area contributed by atoms with Crippen molar-refractivity contribution in [2.45, 2.75) is 49.9 Å². The van der Waals surface area contributed by atoms with E-state index in [2.05, 4.69) is 33.6 Å². The van der Waals surface area contributed by atoms with Crippen molar-refractivity contribution in [1.82, 2.24) is 20.9 Å². The molecule has 0 aliphatic rings. The summed E-state index contributed by atoms with van der Waals surface area (Å²) in [5.41, 5.74) is 17.3. The number of carbonyl (C=O) groups excluding carboxylic acids is 5. The number of aromatic amines is 1. The van der Waals surface area contributed by atoms with Gasteiger partial charge in [0.15, 0.2) is 0 Å². The number of carboxylic acids is 1. The first-order valence-corrected chi connectivity index (χ1v) is 12.2. The Hall–Kier alpha value is -4.11. The average molecular weight is 550 g/mol. The number of thiol groups is 1. The minimum Gasteiger partial charge on any atom is -0.480 e. The lowest BCUT2D eigenvalue weighted by atomic mass is 10.0. The summed E-state index contributed by atoms with van der Waals surface area (Å²) in [5, 5.41) is 17.3. The predicted octanol–water partition coefficient (Wildman–Crippen LogP) is -2.35. The normalized spacial score (nSPS) is 14.1. The Morgan fingerprint density at radius 2 is 1.50 bits per heavy atom. The fourth-order valence-electron chi connectivity index (χ4n) is 3.58. The second-order valence-corrected chi connectivity index (χ2v) is 8.92. The minimum atomic E-state index is -1.62. The minimum absolute atomic E-state index is 0.0376. The second-order valence-electron chi connectivity index (χ2n) is 8.55. The Morgan fingerprint density at radius 3 is 2.11 bits per heavy atom. The molecule has 14 nitrogen and oxygen atoms in total. The number of nitrogens with one attached hydrogen (secondary N) is 4. The van der Waals surface area contributed by atoms with Gasteiger partial charge in [0.05, 0.1) is 12.5 Å². The first-order valence-electron chi connectivity index (χ1n) is 11.5. The van der Waals surface area contributed by atoms with Crippen LogP contribution in [0.2, 0.25) is 0 Å². The molecule has 11 N–H and O–H groups in total. The van der Waals surface area contributed by atoms with Crippen LogP contribution in [0.25, 0.3) is 10.9 Å². The number of carbonyl (C=O) groups is 6. The molecule has 4 unspecified atom stereocenters. The lowest BCUT2D eigenvalue weighted by molar-refractivity contribution is -0.143. The largest absolute Gasteiger partial charge is 0.480 e. The number of aromatic nitrogens is 1. The second kappa shape index (κ2) is 14.0. The molecule has 15 heteroatoms. The fraction of sp³-hybridized carbons (Fsp3) is 0.391. The number of fused-ring (bicyclic) bond motifs is 1. The van der Waals surface area contributed by atoms with Crippen LogP contribution in [0.3, 0.4) is 0 Å². The topological polar surface area (TPSA) is 253 Å². The van der Waals surface area contributed by atoms with Crippen LogP contribution in [0.4, 0.5) is 0 Å². The van der Waals surface area contributed by atoms with Gasteiger partial charge in [-0.15, -0.1) is 0 Å². The van der Waals surface area contributed by atoms with Gasteiger partial charge in [-0.1, -0.05) is 18.2 Å². The number of rotatable bonds is 15. The summed E-state index contributed by atoms with van der Waals surface area (Å²) in [5.74, 6) is -5.65. The van der Waals surface area contributed by atoms with E-state index in [1.54, 1.807) is 18.3 Å². The third-order valence-electron chi connectivity index (χ3n) is 5.61. The van der Waals surface area contributed by atoms with Gasteiger partial charge in [0, 0.05) is 35.7 Å². The average Bonchev–Trinajstić information content (AvgIpc) is 3.27. The van der Waals surface area contributed by atoms with Crippen molar-refractivity contribution in [2.24, 2.45) is 17.2 Å². The molecule has 1 aromatic heterocycles. The molecular formula is C23H31N7O7S. The number of hydrogen-bond donors (Lipinski definition) is 9. The number of hydrogen-bond acceptors (Lipinski definition) is 8. The summed E-state index contributed by atoms with van der Waals surface area (Å²) in [7, 11) is 0. The standard InChI is InChI=1S/C23H31N7O7S/c24-13(5-6-18(25)31)20(33)30-17(10-38)22(35)28-15(21(34)29-16(23(36)37)8-19(26)32)7-11-9-27-14-4-2-1-3-12(11)14/h1-4,9,13,15-17,27,38H,5-8,10,24H2,(H2,25,31)(H2,26,32)(H,28,35)(H,29,34)(H,30,33)(H,36,37). The molecule has 1 heterocycles. The van der Waals surface area contributed by atoms with Gasteiger partial charge in [-0.05, 0) is 18.1 Å². The number of primary amides is 2. The maximum Gasteiger partial charge on any atom is 0.326 e. The van der Waals surface area contributed by atoms with Gasteiger partial charge in [-0.25, -0.2) is 4.79 Å². The van der Waals surface area contributed by atoms with Crippen molar-refractivity contribution in [1.29, 1.82) is 0 Å². The van der Waals surface area contributed by atoms with Crippen LogP contribution in [-0.2, 0) is 35.2 Å². The Kier molecular flexibility index (Phi) is 11.1. The van der Waals surface area contributed by atoms with E-state index in [0.29, 0.717) is 5.56 Å². The molecule has 4 atom stereocenters. The number of para-hydroxylation sites is 1. The Bertz CT molecular complexity index is 1200. The molecule has 2 rings (SSSR count). The zero-order valence-electron chi connectivity index (χ0n) is 20.3. The molecule has 0 saturated heterocycles. The van der Waals surface area contributed by atoms with Crippen molar-refractivity contribution in [3.8, 4) is 0 Å². The van der Waals surface area contributed by atoms with Gasteiger partial charge in [-0.3, -0.25) is 24.0 Å². The van der Waals surface area contributed by atoms with Crippen molar-refractivity contribution >= 4 is 59.0 Å². The summed E-state index contributed by atoms with van der Waals surface area (Å²) in [6.45, 7) is 0. The van der Waals surface area contributed by atoms with Crippen LogP contribution in [0, 0.1) is 0 Å². The molecular weight excluding hydrogens is 518 g/mol. The van der Waals surface area contributed by atoms with Gasteiger partial charge in [0.1, 0.15) is 18.1 Å². The van der Waals surface area contributed by atoms with E-state index in [9.17, 15) is 33.9 Å². The van der Waals surface area contributed by atoms with E-state index >= 15 is 0 Å². The monoisotopic (exact) mass is 549 g/mol. The lowest BCUT2D eigenvalue weighted by Gasteiger charge is -2.24. The molecule has 0 spiro atoms. The predicted molar refractivity (Wildman–Crippen MR) is 139 cm³/mol. The number of benzene rings is 1. The van der Waals surface area contributed by atoms with Crippen LogP contribution < -0.4 is 33.2 Å². The van der Waals surface area contributed by atoms with Crippen LogP contribution >= 0.6 is 12.6 Å². The molecule has 0 radical (unpaired) electrons. The number of aliphatic carboxylic acids is 1. The van der Waals surface area contributed by atoms with Crippen molar-refractivity contribution in [3.63, 3.8) is 0 Å². The van der Waals surface area contributed by atoms with Crippen LogP contribution in [0.5, 0.6) is 0 Å². The molecule has 5 amide bonds. The first kappa shape index (κ1) is 30.1. The van der Waals surface area contributed by atoms with Crippen molar-refractivity contribution < 1.29 is 33.9 Å². The molecule has 0 bridgehead atoms. The quantitative estimate of drug-likeness (QED) is 0.108. The Morgan fingerprint density at radius 1 is 0.895 bits per heavy atom. The van der Waals surface area contributed by atoms with Crippen LogP contribution in [0.1, 0.15) is 24.8 Å². The highest BCUT2D eigenvalue weighted by molar-refractivity contribution is 7.80. The van der Waals surface area contributed by atoms with E-state index in [1.165, 1.54) is 0 Å². The molecule has 0 saturated carbocycles. The van der Waals surface area contributed by atoms with Crippen molar-refractivity contribution in [2.75, 3.05) is 5.75 Å². The van der Waals surface area contributed by atoms with Crippen molar-refractivity contribution in [3.05, 3.63) is 36.0 Å². The van der Waals surface area contributed by atoms with E-state index in [1.807, 2.05) is 12.1 Å². The molecule has 0 aliphatic carbocycles. The summed E-state index contributed by atoms with van der Waals surface area (Å²) in [6.07, 6.45) is 0.757. The van der Waals surface area contributed by atoms with E-state index in [4.69, 9.17) is 17.2 Å². The Labute approximate surface area is 222 Å². The summed E-state index contributed by atoms with van der Waals surface area (Å²) < 4.78 is 0. The van der Waals surface area contributed by atoms with Crippen LogP contribution in [-0.4, -0.2) is 75.5 Å². The lowest BCUT2D eigenvalue weighted by Crippen LogP contribution is -2.58. The summed E-state index contributed by atoms with van der Waals surface area (Å²) in [6, 6.07) is 1.95. The zero-order chi connectivity index (χ0) is 28.4. The highest BCUT2D eigenvalue weighted by Crippen LogP contribution is 2.19. The van der Waals surface area contributed by atoms with Gasteiger partial charge in [0.2, 0.25) is 29.5 Å². The third-order valence-corrected chi connectivity index (χ3v) is 5.97. The molecule has 0 aliphatic heterocycles. The number of H-pyrrole nitrogens is 1. The number of nitrogens with two attached hydrogens (primary N) is 3. The fourth-order valence-corrected chi connectivity index (χ4v) is 3.83.